The van der Waals surface area contributed by atoms with Crippen LogP contribution in [0, 0.1) is 28.1 Å². The number of carbonyl (C=O) groups excluding carboxylic acids is 1. The second kappa shape index (κ2) is 9.74. The highest BCUT2D eigenvalue weighted by atomic mass is 16.3. The normalized spacial score (nSPS) is 40.8. The number of allylic oxidation sites excluding steroid dienone is 7. The Morgan fingerprint density at radius 1 is 1.11 bits per heavy atom. The van der Waals surface area contributed by atoms with Crippen LogP contribution < -0.4 is 0 Å². The molecule has 0 spiro atoms. The largest absolute Gasteiger partial charge is 0.396 e. The standard InChI is InChI=1S/C30H46O5/c1-19(11-12-24(33)27(3,4)35)9-8-10-20(2)26-21(32)17-23-28(5)16-14-25(34)30(7,18-31)22(28)13-15-29(23,26)6/h8-12,22-25,31,33-35H,13-18H2,1-7H3/b10-8+,12-11+,19-9+,26-20-/t22-,23+,24?,25+,28+,29+,30-/m1/s1. The molecule has 3 aliphatic rings. The minimum atomic E-state index is -1.19. The molecule has 0 heterocycles. The molecule has 7 atom stereocenters. The van der Waals surface area contributed by atoms with E-state index in [0.717, 1.165) is 36.0 Å². The molecule has 3 saturated carbocycles. The van der Waals surface area contributed by atoms with Gasteiger partial charge in [0.2, 0.25) is 0 Å². The van der Waals surface area contributed by atoms with Gasteiger partial charge in [0, 0.05) is 22.8 Å². The number of ketones is 1. The van der Waals surface area contributed by atoms with Gasteiger partial charge in [-0.05, 0) is 76.2 Å². The molecule has 0 saturated heterocycles. The zero-order valence-corrected chi connectivity index (χ0v) is 22.6. The average Bonchev–Trinajstić information content (AvgIpc) is 3.05. The predicted octanol–water partition coefficient (Wildman–Crippen LogP) is 4.66. The van der Waals surface area contributed by atoms with Crippen molar-refractivity contribution in [2.45, 2.75) is 98.4 Å². The first kappa shape index (κ1) is 28.0. The number of Topliss-reactive ketones (excluding diaryl/α,β-unsaturated/α-hetero) is 1. The monoisotopic (exact) mass is 486 g/mol. The van der Waals surface area contributed by atoms with Crippen LogP contribution in [0.5, 0.6) is 0 Å². The third-order valence-corrected chi connectivity index (χ3v) is 9.77. The van der Waals surface area contributed by atoms with E-state index in [-0.39, 0.29) is 35.1 Å². The van der Waals surface area contributed by atoms with Crippen LogP contribution in [0.3, 0.4) is 0 Å². The minimum Gasteiger partial charge on any atom is -0.396 e. The van der Waals surface area contributed by atoms with Gasteiger partial charge in [-0.2, -0.15) is 0 Å². The predicted molar refractivity (Wildman–Crippen MR) is 140 cm³/mol. The smallest absolute Gasteiger partial charge is 0.160 e. The van der Waals surface area contributed by atoms with E-state index in [1.807, 2.05) is 39.0 Å². The SMILES string of the molecule is CC(/C=C/C(O)C(C)(C)O)=C\C=C\C(C)=C1\C(=O)C[C@H]2[C@@]3(C)CC[C@H](O)[C@](C)(CO)[C@@H]3CC[C@]12C. The van der Waals surface area contributed by atoms with E-state index in [0.29, 0.717) is 12.8 Å². The number of hydrogen-bond acceptors (Lipinski definition) is 5. The fraction of sp³-hybridized carbons (Fsp3) is 0.700. The van der Waals surface area contributed by atoms with Crippen molar-refractivity contribution in [3.63, 3.8) is 0 Å². The Morgan fingerprint density at radius 2 is 1.77 bits per heavy atom. The highest BCUT2D eigenvalue weighted by Crippen LogP contribution is 2.69. The summed E-state index contributed by atoms with van der Waals surface area (Å²) in [5.74, 6) is 0.634. The van der Waals surface area contributed by atoms with Gasteiger partial charge >= 0.3 is 0 Å². The average molecular weight is 487 g/mol. The van der Waals surface area contributed by atoms with Gasteiger partial charge in [0.25, 0.3) is 0 Å². The lowest BCUT2D eigenvalue weighted by Crippen LogP contribution is -2.59. The van der Waals surface area contributed by atoms with Crippen LogP contribution in [-0.4, -0.2) is 50.6 Å². The van der Waals surface area contributed by atoms with Crippen LogP contribution in [0.15, 0.2) is 47.1 Å². The molecule has 3 fully saturated rings. The number of carbonyl (C=O) groups is 1. The Balaban J connectivity index is 1.87. The lowest BCUT2D eigenvalue weighted by atomic mass is 9.43. The molecule has 196 valence electrons. The highest BCUT2D eigenvalue weighted by Gasteiger charge is 2.65. The lowest BCUT2D eigenvalue weighted by Gasteiger charge is -2.62. The van der Waals surface area contributed by atoms with E-state index in [2.05, 4.69) is 13.8 Å². The van der Waals surface area contributed by atoms with E-state index >= 15 is 0 Å². The molecule has 3 rings (SSSR count). The zero-order chi connectivity index (χ0) is 26.4. The molecule has 0 aromatic heterocycles. The second-order valence-corrected chi connectivity index (χ2v) is 12.7. The molecule has 5 nitrogen and oxygen atoms in total. The third kappa shape index (κ3) is 4.90. The molecule has 3 aliphatic carbocycles. The molecule has 0 bridgehead atoms. The van der Waals surface area contributed by atoms with Crippen molar-refractivity contribution < 1.29 is 25.2 Å². The van der Waals surface area contributed by atoms with Gasteiger partial charge < -0.3 is 20.4 Å². The summed E-state index contributed by atoms with van der Waals surface area (Å²) in [6.45, 7) is 13.6. The molecule has 0 aromatic rings. The molecule has 4 N–H and O–H groups in total. The maximum atomic E-state index is 13.4. The van der Waals surface area contributed by atoms with Crippen LogP contribution in [0.4, 0.5) is 0 Å². The number of aliphatic hydroxyl groups is 4. The summed E-state index contributed by atoms with van der Waals surface area (Å²) in [4.78, 5) is 13.4. The van der Waals surface area contributed by atoms with Gasteiger partial charge in [0.05, 0.1) is 18.3 Å². The maximum absolute atomic E-state index is 13.4. The van der Waals surface area contributed by atoms with Gasteiger partial charge in [-0.25, -0.2) is 0 Å². The first-order valence-electron chi connectivity index (χ1n) is 13.1. The van der Waals surface area contributed by atoms with Crippen molar-refractivity contribution in [1.82, 2.24) is 0 Å². The van der Waals surface area contributed by atoms with Crippen molar-refractivity contribution in [3.8, 4) is 0 Å². The summed E-state index contributed by atoms with van der Waals surface area (Å²) in [7, 11) is 0. The molecular weight excluding hydrogens is 440 g/mol. The molecular formula is C30H46O5. The molecule has 0 radical (unpaired) electrons. The van der Waals surface area contributed by atoms with E-state index in [4.69, 9.17) is 0 Å². The third-order valence-electron chi connectivity index (χ3n) is 9.77. The van der Waals surface area contributed by atoms with Crippen molar-refractivity contribution in [1.29, 1.82) is 0 Å². The van der Waals surface area contributed by atoms with Crippen molar-refractivity contribution >= 4 is 5.78 Å². The highest BCUT2D eigenvalue weighted by molar-refractivity contribution is 6.00. The number of fused-ring (bicyclic) bond motifs is 3. The van der Waals surface area contributed by atoms with E-state index < -0.39 is 23.2 Å². The maximum Gasteiger partial charge on any atom is 0.160 e. The van der Waals surface area contributed by atoms with E-state index in [9.17, 15) is 25.2 Å². The Hall–Kier alpha value is -1.53. The Bertz CT molecular complexity index is 950. The zero-order valence-electron chi connectivity index (χ0n) is 22.6. The topological polar surface area (TPSA) is 98.0 Å². The van der Waals surface area contributed by atoms with Gasteiger partial charge in [0.1, 0.15) is 6.10 Å². The lowest BCUT2D eigenvalue weighted by molar-refractivity contribution is -0.178. The summed E-state index contributed by atoms with van der Waals surface area (Å²) in [5, 5.41) is 40.8. The summed E-state index contributed by atoms with van der Waals surface area (Å²) in [5.41, 5.74) is 0.859. The Kier molecular flexibility index (Phi) is 7.80. The van der Waals surface area contributed by atoms with Crippen LogP contribution >= 0.6 is 0 Å². The second-order valence-electron chi connectivity index (χ2n) is 12.7. The van der Waals surface area contributed by atoms with Gasteiger partial charge in [-0.3, -0.25) is 4.79 Å². The summed E-state index contributed by atoms with van der Waals surface area (Å²) in [6, 6.07) is 0. The first-order valence-corrected chi connectivity index (χ1v) is 13.1. The van der Waals surface area contributed by atoms with Crippen LogP contribution in [0.2, 0.25) is 0 Å². The minimum absolute atomic E-state index is 0.0246. The quantitative estimate of drug-likeness (QED) is 0.323. The Labute approximate surface area is 211 Å². The molecule has 1 unspecified atom stereocenters. The van der Waals surface area contributed by atoms with Gasteiger partial charge in [0.15, 0.2) is 5.78 Å². The molecule has 0 aromatic carbocycles. The molecule has 35 heavy (non-hydrogen) atoms. The fourth-order valence-corrected chi connectivity index (χ4v) is 7.57. The van der Waals surface area contributed by atoms with Crippen LogP contribution in [-0.2, 0) is 4.79 Å². The van der Waals surface area contributed by atoms with E-state index in [1.165, 1.54) is 0 Å². The van der Waals surface area contributed by atoms with Gasteiger partial charge in [-0.1, -0.05) is 56.7 Å². The number of hydrogen-bond donors (Lipinski definition) is 4. The first-order chi connectivity index (χ1) is 16.1. The molecule has 5 heteroatoms. The number of aliphatic hydroxyl groups excluding tert-OH is 3. The van der Waals surface area contributed by atoms with Crippen molar-refractivity contribution in [3.05, 3.63) is 47.1 Å². The molecule has 0 aliphatic heterocycles. The van der Waals surface area contributed by atoms with Crippen LogP contribution in [0.25, 0.3) is 0 Å². The van der Waals surface area contributed by atoms with Crippen molar-refractivity contribution in [2.75, 3.05) is 6.61 Å². The Morgan fingerprint density at radius 3 is 2.37 bits per heavy atom. The van der Waals surface area contributed by atoms with Gasteiger partial charge in [-0.15, -0.1) is 0 Å². The summed E-state index contributed by atoms with van der Waals surface area (Å²) >= 11 is 0. The van der Waals surface area contributed by atoms with Crippen molar-refractivity contribution in [2.24, 2.45) is 28.1 Å². The van der Waals surface area contributed by atoms with E-state index in [1.54, 1.807) is 26.0 Å². The fourth-order valence-electron chi connectivity index (χ4n) is 7.57. The summed E-state index contributed by atoms with van der Waals surface area (Å²) in [6.07, 6.45) is 11.7. The molecule has 0 amide bonds. The van der Waals surface area contributed by atoms with Crippen LogP contribution in [0.1, 0.15) is 80.6 Å². The summed E-state index contributed by atoms with van der Waals surface area (Å²) < 4.78 is 0. The number of rotatable bonds is 6.